The normalized spacial score (nSPS) is 16.9. The van der Waals surface area contributed by atoms with E-state index in [1.165, 1.54) is 37.7 Å². The summed E-state index contributed by atoms with van der Waals surface area (Å²) in [6, 6.07) is 8.45. The summed E-state index contributed by atoms with van der Waals surface area (Å²) in [6.45, 7) is 8.28. The highest BCUT2D eigenvalue weighted by molar-refractivity contribution is 5.75. The average Bonchev–Trinajstić information content (AvgIpc) is 2.66. The highest BCUT2D eigenvalue weighted by atomic mass is 16.7. The van der Waals surface area contributed by atoms with Crippen molar-refractivity contribution in [3.63, 3.8) is 0 Å². The SMILES string of the molecule is CCC(C)(C)C(=O)OC(C)OCCOc1ccc(C2CCCCC2)cc1. The molecule has 0 amide bonds. The molecule has 0 heterocycles. The predicted molar refractivity (Wildman–Crippen MR) is 103 cm³/mol. The first-order chi connectivity index (χ1) is 12.4. The lowest BCUT2D eigenvalue weighted by atomic mass is 9.84. The van der Waals surface area contributed by atoms with Crippen molar-refractivity contribution in [3.05, 3.63) is 29.8 Å². The maximum Gasteiger partial charge on any atom is 0.313 e. The van der Waals surface area contributed by atoms with Crippen molar-refractivity contribution in [2.45, 2.75) is 78.4 Å². The summed E-state index contributed by atoms with van der Waals surface area (Å²) in [5, 5.41) is 0. The van der Waals surface area contributed by atoms with Crippen LogP contribution in [0.3, 0.4) is 0 Å². The molecule has 2 rings (SSSR count). The van der Waals surface area contributed by atoms with E-state index < -0.39 is 11.7 Å². The first-order valence-electron chi connectivity index (χ1n) is 9.98. The Kier molecular flexibility index (Phi) is 7.95. The summed E-state index contributed by atoms with van der Waals surface area (Å²) < 4.78 is 16.6. The van der Waals surface area contributed by atoms with Gasteiger partial charge in [-0.25, -0.2) is 0 Å². The molecular weight excluding hydrogens is 328 g/mol. The van der Waals surface area contributed by atoms with Crippen LogP contribution in [0.4, 0.5) is 0 Å². The molecule has 146 valence electrons. The molecule has 1 fully saturated rings. The first-order valence-corrected chi connectivity index (χ1v) is 9.98. The van der Waals surface area contributed by atoms with Gasteiger partial charge < -0.3 is 14.2 Å². The molecule has 0 N–H and O–H groups in total. The number of carbonyl (C=O) groups excluding carboxylic acids is 1. The number of carbonyl (C=O) groups is 1. The summed E-state index contributed by atoms with van der Waals surface area (Å²) in [5.74, 6) is 1.33. The molecule has 4 heteroatoms. The molecule has 0 saturated heterocycles. The molecule has 0 aromatic heterocycles. The van der Waals surface area contributed by atoms with E-state index in [0.29, 0.717) is 19.1 Å². The maximum absolute atomic E-state index is 12.0. The van der Waals surface area contributed by atoms with Crippen LogP contribution in [0.15, 0.2) is 24.3 Å². The quantitative estimate of drug-likeness (QED) is 0.333. The zero-order valence-corrected chi connectivity index (χ0v) is 16.8. The highest BCUT2D eigenvalue weighted by Gasteiger charge is 2.28. The molecule has 0 spiro atoms. The number of rotatable bonds is 9. The summed E-state index contributed by atoms with van der Waals surface area (Å²) in [4.78, 5) is 12.0. The molecule has 1 aliphatic carbocycles. The lowest BCUT2D eigenvalue weighted by molar-refractivity contribution is -0.185. The molecule has 1 saturated carbocycles. The van der Waals surface area contributed by atoms with Crippen molar-refractivity contribution >= 4 is 5.97 Å². The van der Waals surface area contributed by atoms with Gasteiger partial charge in [-0.15, -0.1) is 0 Å². The minimum atomic E-state index is -0.564. The van der Waals surface area contributed by atoms with E-state index in [1.807, 2.05) is 32.9 Å². The summed E-state index contributed by atoms with van der Waals surface area (Å²) in [5.41, 5.74) is 0.946. The average molecular weight is 363 g/mol. The van der Waals surface area contributed by atoms with Gasteiger partial charge in [0.15, 0.2) is 6.29 Å². The summed E-state index contributed by atoms with van der Waals surface area (Å²) >= 11 is 0. The third kappa shape index (κ3) is 6.31. The van der Waals surface area contributed by atoms with Gasteiger partial charge in [-0.1, -0.05) is 38.3 Å². The molecule has 0 radical (unpaired) electrons. The van der Waals surface area contributed by atoms with E-state index >= 15 is 0 Å². The van der Waals surface area contributed by atoms with Crippen LogP contribution in [0.1, 0.15) is 77.7 Å². The van der Waals surface area contributed by atoms with Crippen molar-refractivity contribution in [1.29, 1.82) is 0 Å². The Morgan fingerprint density at radius 2 is 1.77 bits per heavy atom. The van der Waals surface area contributed by atoms with Gasteiger partial charge in [0.25, 0.3) is 0 Å². The summed E-state index contributed by atoms with van der Waals surface area (Å²) in [7, 11) is 0. The van der Waals surface area contributed by atoms with Gasteiger partial charge in [0.1, 0.15) is 12.4 Å². The minimum absolute atomic E-state index is 0.230. The second kappa shape index (κ2) is 9.96. The van der Waals surface area contributed by atoms with E-state index in [0.717, 1.165) is 12.2 Å². The van der Waals surface area contributed by atoms with Crippen molar-refractivity contribution < 1.29 is 19.0 Å². The van der Waals surface area contributed by atoms with Crippen LogP contribution in [0.2, 0.25) is 0 Å². The molecule has 1 aromatic rings. The smallest absolute Gasteiger partial charge is 0.313 e. The number of hydrogen-bond acceptors (Lipinski definition) is 4. The lowest BCUT2D eigenvalue weighted by Crippen LogP contribution is -2.30. The second-order valence-corrected chi connectivity index (χ2v) is 7.83. The van der Waals surface area contributed by atoms with Crippen LogP contribution in [0.5, 0.6) is 5.75 Å². The molecule has 26 heavy (non-hydrogen) atoms. The molecular formula is C22H34O4. The third-order valence-corrected chi connectivity index (χ3v) is 5.37. The number of benzene rings is 1. The zero-order chi connectivity index (χ0) is 19.0. The van der Waals surface area contributed by atoms with Gasteiger partial charge in [-0.2, -0.15) is 0 Å². The fourth-order valence-corrected chi connectivity index (χ4v) is 3.13. The fourth-order valence-electron chi connectivity index (χ4n) is 3.13. The molecule has 4 nitrogen and oxygen atoms in total. The second-order valence-electron chi connectivity index (χ2n) is 7.83. The van der Waals surface area contributed by atoms with Gasteiger partial charge >= 0.3 is 5.97 Å². The molecule has 0 aliphatic heterocycles. The Balaban J connectivity index is 1.67. The predicted octanol–water partition coefficient (Wildman–Crippen LogP) is 5.46. The molecule has 1 unspecified atom stereocenters. The Bertz CT molecular complexity index is 544. The number of ether oxygens (including phenoxy) is 3. The van der Waals surface area contributed by atoms with Crippen LogP contribution in [-0.2, 0) is 14.3 Å². The molecule has 1 atom stereocenters. The van der Waals surface area contributed by atoms with Gasteiger partial charge in [-0.3, -0.25) is 4.79 Å². The zero-order valence-electron chi connectivity index (χ0n) is 16.8. The monoisotopic (exact) mass is 362 g/mol. The van der Waals surface area contributed by atoms with Crippen LogP contribution < -0.4 is 4.74 Å². The Morgan fingerprint density at radius 3 is 2.38 bits per heavy atom. The largest absolute Gasteiger partial charge is 0.491 e. The van der Waals surface area contributed by atoms with Crippen LogP contribution >= 0.6 is 0 Å². The van der Waals surface area contributed by atoms with E-state index in [2.05, 4.69) is 12.1 Å². The number of hydrogen-bond donors (Lipinski definition) is 0. The van der Waals surface area contributed by atoms with E-state index in [9.17, 15) is 4.79 Å². The van der Waals surface area contributed by atoms with Gasteiger partial charge in [-0.05, 0) is 63.6 Å². The van der Waals surface area contributed by atoms with E-state index in [1.54, 1.807) is 6.92 Å². The highest BCUT2D eigenvalue weighted by Crippen LogP contribution is 2.33. The topological polar surface area (TPSA) is 44.8 Å². The number of esters is 1. The Morgan fingerprint density at radius 1 is 1.12 bits per heavy atom. The molecule has 0 bridgehead atoms. The van der Waals surface area contributed by atoms with Gasteiger partial charge in [0, 0.05) is 0 Å². The Labute approximate surface area is 158 Å². The van der Waals surface area contributed by atoms with Crippen molar-refractivity contribution in [2.24, 2.45) is 5.41 Å². The van der Waals surface area contributed by atoms with Crippen molar-refractivity contribution in [1.82, 2.24) is 0 Å². The molecule has 1 aromatic carbocycles. The lowest BCUT2D eigenvalue weighted by Gasteiger charge is -2.23. The maximum atomic E-state index is 12.0. The fraction of sp³-hybridized carbons (Fsp3) is 0.682. The van der Waals surface area contributed by atoms with Crippen molar-refractivity contribution in [2.75, 3.05) is 13.2 Å². The van der Waals surface area contributed by atoms with E-state index in [-0.39, 0.29) is 5.97 Å². The third-order valence-electron chi connectivity index (χ3n) is 5.37. The minimum Gasteiger partial charge on any atom is -0.491 e. The van der Waals surface area contributed by atoms with Crippen LogP contribution in [0.25, 0.3) is 0 Å². The van der Waals surface area contributed by atoms with Crippen LogP contribution in [0, 0.1) is 5.41 Å². The first kappa shape index (κ1) is 20.8. The standard InChI is InChI=1S/C22H34O4/c1-5-22(3,4)21(23)26-17(2)24-15-16-25-20-13-11-19(12-14-20)18-9-7-6-8-10-18/h11-14,17-18H,5-10,15-16H2,1-4H3. The van der Waals surface area contributed by atoms with Gasteiger partial charge in [0.2, 0.25) is 0 Å². The van der Waals surface area contributed by atoms with Crippen LogP contribution in [-0.4, -0.2) is 25.5 Å². The molecule has 1 aliphatic rings. The Hall–Kier alpha value is -1.55. The summed E-state index contributed by atoms with van der Waals surface area (Å²) in [6.07, 6.45) is 6.85. The van der Waals surface area contributed by atoms with Crippen molar-refractivity contribution in [3.8, 4) is 5.75 Å². The van der Waals surface area contributed by atoms with E-state index in [4.69, 9.17) is 14.2 Å². The van der Waals surface area contributed by atoms with Gasteiger partial charge in [0.05, 0.1) is 12.0 Å².